The Balaban J connectivity index is 2.10. The van der Waals surface area contributed by atoms with Crippen LogP contribution >= 0.6 is 0 Å². The van der Waals surface area contributed by atoms with E-state index in [1.165, 1.54) is 0 Å². The van der Waals surface area contributed by atoms with E-state index in [0.29, 0.717) is 5.92 Å². The number of nitrogens with zero attached hydrogens (tertiary/aromatic N) is 1. The van der Waals surface area contributed by atoms with Crippen LogP contribution in [0.15, 0.2) is 54.6 Å². The van der Waals surface area contributed by atoms with Gasteiger partial charge in [-0.1, -0.05) is 44.2 Å². The topological polar surface area (TPSA) is 32.3 Å². The van der Waals surface area contributed by atoms with Gasteiger partial charge in [-0.25, -0.2) is 0 Å². The second kappa shape index (κ2) is 5.00. The predicted octanol–water partition coefficient (Wildman–Crippen LogP) is 3.74. The zero-order valence-electron chi connectivity index (χ0n) is 11.7. The minimum atomic E-state index is -0.0280. The number of amides is 1. The standard InChI is InChI=1S/C17H18N2O/c1-12(2)16-18-15-11-7-6-10-14(15)17(20)19(16)13-8-4-3-5-9-13/h3-12,16,18H,1-2H3. The molecule has 0 radical (unpaired) electrons. The number of rotatable bonds is 2. The molecule has 1 N–H and O–H groups in total. The molecule has 0 saturated carbocycles. The zero-order valence-corrected chi connectivity index (χ0v) is 11.7. The van der Waals surface area contributed by atoms with Crippen LogP contribution in [-0.2, 0) is 0 Å². The summed E-state index contributed by atoms with van der Waals surface area (Å²) in [4.78, 5) is 14.7. The molecule has 1 unspecified atom stereocenters. The molecule has 2 aromatic carbocycles. The molecule has 3 heteroatoms. The van der Waals surface area contributed by atoms with Gasteiger partial charge in [-0.05, 0) is 30.2 Å². The molecule has 0 fully saturated rings. The number of benzene rings is 2. The van der Waals surface area contributed by atoms with Gasteiger partial charge in [0.05, 0.1) is 5.56 Å². The fraction of sp³-hybridized carbons (Fsp3) is 0.235. The molecular formula is C17H18N2O. The lowest BCUT2D eigenvalue weighted by molar-refractivity contribution is 0.0968. The molecule has 0 aliphatic carbocycles. The lowest BCUT2D eigenvalue weighted by Gasteiger charge is -2.40. The number of hydrogen-bond acceptors (Lipinski definition) is 2. The van der Waals surface area contributed by atoms with Gasteiger partial charge in [-0.2, -0.15) is 0 Å². The van der Waals surface area contributed by atoms with Crippen LogP contribution in [0, 0.1) is 5.92 Å². The molecule has 3 nitrogen and oxygen atoms in total. The Hall–Kier alpha value is -2.29. The van der Waals surface area contributed by atoms with Crippen LogP contribution in [-0.4, -0.2) is 12.1 Å². The van der Waals surface area contributed by atoms with Crippen molar-refractivity contribution in [1.82, 2.24) is 0 Å². The molecule has 3 rings (SSSR count). The third-order valence-corrected chi connectivity index (χ3v) is 3.62. The highest BCUT2D eigenvalue weighted by Gasteiger charge is 2.34. The van der Waals surface area contributed by atoms with E-state index in [0.717, 1.165) is 16.9 Å². The normalized spacial score (nSPS) is 17.9. The van der Waals surface area contributed by atoms with E-state index in [9.17, 15) is 4.79 Å². The van der Waals surface area contributed by atoms with Gasteiger partial charge < -0.3 is 5.32 Å². The number of carbonyl (C=O) groups is 1. The van der Waals surface area contributed by atoms with E-state index >= 15 is 0 Å². The van der Waals surface area contributed by atoms with Crippen LogP contribution in [0.1, 0.15) is 24.2 Å². The minimum Gasteiger partial charge on any atom is -0.364 e. The van der Waals surface area contributed by atoms with Gasteiger partial charge in [-0.3, -0.25) is 9.69 Å². The van der Waals surface area contributed by atoms with Crippen LogP contribution < -0.4 is 10.2 Å². The fourth-order valence-corrected chi connectivity index (χ4v) is 2.61. The number of para-hydroxylation sites is 2. The summed E-state index contributed by atoms with van der Waals surface area (Å²) in [5.74, 6) is 0.372. The van der Waals surface area contributed by atoms with Gasteiger partial charge in [0.25, 0.3) is 5.91 Å². The van der Waals surface area contributed by atoms with Crippen molar-refractivity contribution in [2.75, 3.05) is 10.2 Å². The van der Waals surface area contributed by atoms with E-state index in [1.54, 1.807) is 0 Å². The molecular weight excluding hydrogens is 248 g/mol. The van der Waals surface area contributed by atoms with Gasteiger partial charge in [0.15, 0.2) is 0 Å². The summed E-state index contributed by atoms with van der Waals surface area (Å²) < 4.78 is 0. The van der Waals surface area contributed by atoms with Crippen LogP contribution in [0.3, 0.4) is 0 Å². The first-order valence-electron chi connectivity index (χ1n) is 6.92. The first-order chi connectivity index (χ1) is 9.68. The first kappa shape index (κ1) is 12.7. The van der Waals surface area contributed by atoms with Crippen LogP contribution in [0.25, 0.3) is 0 Å². The number of hydrogen-bond donors (Lipinski definition) is 1. The monoisotopic (exact) mass is 266 g/mol. The minimum absolute atomic E-state index is 0.0280. The maximum atomic E-state index is 12.8. The Morgan fingerprint density at radius 3 is 2.35 bits per heavy atom. The highest BCUT2D eigenvalue weighted by atomic mass is 16.2. The summed E-state index contributed by atoms with van der Waals surface area (Å²) in [6, 6.07) is 17.5. The lowest BCUT2D eigenvalue weighted by atomic mass is 10.0. The van der Waals surface area contributed by atoms with E-state index in [4.69, 9.17) is 0 Å². The Kier molecular flexibility index (Phi) is 3.18. The second-order valence-electron chi connectivity index (χ2n) is 5.39. The summed E-state index contributed by atoms with van der Waals surface area (Å²) in [6.45, 7) is 4.24. The molecule has 2 aromatic rings. The molecule has 102 valence electrons. The van der Waals surface area contributed by atoms with Gasteiger partial charge >= 0.3 is 0 Å². The summed E-state index contributed by atoms with van der Waals surface area (Å²) in [5, 5.41) is 3.48. The molecule has 1 aliphatic heterocycles. The van der Waals surface area contributed by atoms with E-state index in [2.05, 4.69) is 19.2 Å². The average Bonchev–Trinajstić information content (AvgIpc) is 2.48. The van der Waals surface area contributed by atoms with Crippen molar-refractivity contribution in [2.24, 2.45) is 5.92 Å². The number of nitrogens with one attached hydrogen (secondary N) is 1. The van der Waals surface area contributed by atoms with Crippen molar-refractivity contribution in [2.45, 2.75) is 20.0 Å². The van der Waals surface area contributed by atoms with Crippen LogP contribution in [0.5, 0.6) is 0 Å². The van der Waals surface area contributed by atoms with Gasteiger partial charge in [0.1, 0.15) is 6.17 Å². The van der Waals surface area contributed by atoms with Gasteiger partial charge in [0.2, 0.25) is 0 Å². The molecule has 1 atom stereocenters. The summed E-state index contributed by atoms with van der Waals surface area (Å²) in [5.41, 5.74) is 2.58. The Bertz CT molecular complexity index is 622. The Labute approximate surface area is 119 Å². The maximum absolute atomic E-state index is 12.8. The van der Waals surface area contributed by atoms with E-state index in [-0.39, 0.29) is 12.1 Å². The van der Waals surface area contributed by atoms with Gasteiger partial charge in [-0.15, -0.1) is 0 Å². The molecule has 1 aliphatic rings. The lowest BCUT2D eigenvalue weighted by Crippen LogP contribution is -2.51. The van der Waals surface area contributed by atoms with Crippen molar-refractivity contribution < 1.29 is 4.79 Å². The van der Waals surface area contributed by atoms with Gasteiger partial charge in [0, 0.05) is 11.4 Å². The van der Waals surface area contributed by atoms with Crippen LogP contribution in [0.2, 0.25) is 0 Å². The molecule has 0 spiro atoms. The second-order valence-corrected chi connectivity index (χ2v) is 5.39. The fourth-order valence-electron chi connectivity index (χ4n) is 2.61. The Morgan fingerprint density at radius 1 is 1.00 bits per heavy atom. The molecule has 1 heterocycles. The molecule has 1 amide bonds. The predicted molar refractivity (Wildman–Crippen MR) is 81.9 cm³/mol. The van der Waals surface area contributed by atoms with Crippen molar-refractivity contribution in [3.8, 4) is 0 Å². The SMILES string of the molecule is CC(C)C1Nc2ccccc2C(=O)N1c1ccccc1. The van der Waals surface area contributed by atoms with Crippen molar-refractivity contribution in [3.05, 3.63) is 60.2 Å². The molecule has 0 saturated heterocycles. The first-order valence-corrected chi connectivity index (χ1v) is 6.92. The average molecular weight is 266 g/mol. The highest BCUT2D eigenvalue weighted by Crippen LogP contribution is 2.31. The summed E-state index contributed by atoms with van der Waals surface area (Å²) >= 11 is 0. The zero-order chi connectivity index (χ0) is 14.1. The number of anilines is 2. The largest absolute Gasteiger partial charge is 0.364 e. The summed E-state index contributed by atoms with van der Waals surface area (Å²) in [6.07, 6.45) is -0.0280. The van der Waals surface area contributed by atoms with E-state index in [1.807, 2.05) is 59.5 Å². The van der Waals surface area contributed by atoms with E-state index < -0.39 is 0 Å². The molecule has 0 bridgehead atoms. The molecule has 20 heavy (non-hydrogen) atoms. The third kappa shape index (κ3) is 2.05. The van der Waals surface area contributed by atoms with Crippen molar-refractivity contribution in [1.29, 1.82) is 0 Å². The number of fused-ring (bicyclic) bond motifs is 1. The molecule has 0 aromatic heterocycles. The Morgan fingerprint density at radius 2 is 1.65 bits per heavy atom. The van der Waals surface area contributed by atoms with Crippen molar-refractivity contribution >= 4 is 17.3 Å². The van der Waals surface area contributed by atoms with Crippen LogP contribution in [0.4, 0.5) is 11.4 Å². The smallest absolute Gasteiger partial charge is 0.262 e. The number of carbonyl (C=O) groups excluding carboxylic acids is 1. The van der Waals surface area contributed by atoms with Crippen molar-refractivity contribution in [3.63, 3.8) is 0 Å². The highest BCUT2D eigenvalue weighted by molar-refractivity contribution is 6.12. The third-order valence-electron chi connectivity index (χ3n) is 3.62. The quantitative estimate of drug-likeness (QED) is 0.898. The summed E-state index contributed by atoms with van der Waals surface area (Å²) in [7, 11) is 0. The maximum Gasteiger partial charge on any atom is 0.262 e.